The molecule has 1 unspecified atom stereocenters. The van der Waals surface area contributed by atoms with Gasteiger partial charge in [-0.2, -0.15) is 5.26 Å². The lowest BCUT2D eigenvalue weighted by Gasteiger charge is -2.63. The van der Waals surface area contributed by atoms with Crippen LogP contribution in [-0.4, -0.2) is 114 Å². The normalized spacial score (nSPS) is 26.6. The number of rotatable bonds is 7. The van der Waals surface area contributed by atoms with E-state index in [1.807, 2.05) is 18.2 Å². The third-order valence-electron chi connectivity index (χ3n) is 13.7. The molecule has 0 saturated carbocycles. The number of piperidine rings is 3. The second-order valence-corrected chi connectivity index (χ2v) is 17.7. The van der Waals surface area contributed by atoms with Gasteiger partial charge in [-0.1, -0.05) is 11.6 Å². The molecule has 14 heteroatoms. The predicted molar refractivity (Wildman–Crippen MR) is 214 cm³/mol. The van der Waals surface area contributed by atoms with Crippen LogP contribution in [0.15, 0.2) is 60.7 Å². The monoisotopic (exact) mass is 801 g/mol. The lowest BCUT2D eigenvalue weighted by molar-refractivity contribution is -0.136. The van der Waals surface area contributed by atoms with Crippen molar-refractivity contribution in [2.45, 2.75) is 81.6 Å². The molecule has 3 aromatic rings. The minimum absolute atomic E-state index is 0.00225. The maximum absolute atomic E-state index is 13.8. The summed E-state index contributed by atoms with van der Waals surface area (Å²) in [5.74, 6) is -1.20. The molecule has 7 heterocycles. The summed E-state index contributed by atoms with van der Waals surface area (Å²) in [6.45, 7) is 5.88. The average Bonchev–Trinajstić information content (AvgIpc) is 3.60. The van der Waals surface area contributed by atoms with E-state index in [0.717, 1.165) is 99.6 Å². The van der Waals surface area contributed by atoms with E-state index >= 15 is 0 Å². The van der Waals surface area contributed by atoms with Gasteiger partial charge in [0, 0.05) is 105 Å². The highest BCUT2D eigenvalue weighted by molar-refractivity contribution is 6.31. The smallest absolute Gasteiger partial charge is 0.262 e. The van der Waals surface area contributed by atoms with Crippen LogP contribution in [0.2, 0.25) is 5.02 Å². The zero-order valence-electron chi connectivity index (χ0n) is 32.1. The molecule has 7 aliphatic rings. The average molecular weight is 802 g/mol. The van der Waals surface area contributed by atoms with Gasteiger partial charge in [0.15, 0.2) is 0 Å². The molecule has 5 amide bonds. The summed E-state index contributed by atoms with van der Waals surface area (Å²) in [5, 5.41) is 11.8. The van der Waals surface area contributed by atoms with Gasteiger partial charge >= 0.3 is 0 Å². The second kappa shape index (κ2) is 14.1. The zero-order chi connectivity index (χ0) is 39.9. The lowest BCUT2D eigenvalue weighted by Crippen LogP contribution is -2.74. The molecule has 7 aliphatic heterocycles. The number of hydrogen-bond acceptors (Lipinski definition) is 10. The van der Waals surface area contributed by atoms with Crippen molar-refractivity contribution in [3.05, 3.63) is 87.9 Å². The highest BCUT2D eigenvalue weighted by atomic mass is 35.5. The number of likely N-dealkylation sites (tertiary alicyclic amines) is 1. The van der Waals surface area contributed by atoms with Gasteiger partial charge in [-0.05, 0) is 86.7 Å². The van der Waals surface area contributed by atoms with E-state index in [-0.39, 0.29) is 42.8 Å². The van der Waals surface area contributed by atoms with Crippen LogP contribution < -0.4 is 19.9 Å². The van der Waals surface area contributed by atoms with Crippen molar-refractivity contribution in [2.75, 3.05) is 49.1 Å². The third kappa shape index (κ3) is 6.28. The molecule has 0 aliphatic carbocycles. The van der Waals surface area contributed by atoms with E-state index in [0.29, 0.717) is 38.9 Å². The Hall–Kier alpha value is -5.45. The SMILES string of the molecule is N#Cc1ccc(O[C@H]2C[C@H]3CC[C@@H](C2)N3C(=O)c2ccc(N3CC4(C3)CN(C3CCN(c5ccc6c(c5)C(=O)N(C5CCC(=O)NC5=O)C6=O)CC3)C4)cc2)cc1Cl. The van der Waals surface area contributed by atoms with Crippen molar-refractivity contribution >= 4 is 52.5 Å². The number of nitriles is 1. The van der Waals surface area contributed by atoms with Crippen LogP contribution in [0, 0.1) is 16.7 Å². The Balaban J connectivity index is 0.686. The molecular weight excluding hydrogens is 758 g/mol. The van der Waals surface area contributed by atoms with Crippen LogP contribution in [0.25, 0.3) is 0 Å². The summed E-state index contributed by atoms with van der Waals surface area (Å²) in [6, 6.07) is 20.6. The summed E-state index contributed by atoms with van der Waals surface area (Å²) in [5.41, 5.74) is 4.13. The first-order chi connectivity index (χ1) is 28.1. The first-order valence-corrected chi connectivity index (χ1v) is 20.8. The fourth-order valence-corrected chi connectivity index (χ4v) is 10.9. The van der Waals surface area contributed by atoms with Crippen LogP contribution in [-0.2, 0) is 9.59 Å². The van der Waals surface area contributed by atoms with Crippen molar-refractivity contribution in [2.24, 2.45) is 5.41 Å². The standard InChI is InChI=1S/C44H44ClN7O6/c45-37-20-33(9-3-27(37)21-46)58-34-17-31-6-7-32(18-34)51(31)41(55)26-1-4-28(5-2-26)49-22-44(23-49)24-50(25-44)29-13-15-48(16-14-29)30-8-10-35-36(19-30)43(57)52(42(35)56)38-11-12-39(53)47-40(38)54/h1-5,8-10,19-20,29,31-32,34,38H,6-7,11-18,22-25H2,(H,47,53,54)/t31-,32+,34+,38?. The molecule has 2 bridgehead atoms. The molecular formula is C44H44ClN7O6. The molecule has 1 N–H and O–H groups in total. The molecule has 3 aromatic carbocycles. The van der Waals surface area contributed by atoms with Crippen molar-refractivity contribution in [1.82, 2.24) is 20.0 Å². The van der Waals surface area contributed by atoms with Gasteiger partial charge < -0.3 is 19.4 Å². The van der Waals surface area contributed by atoms with Gasteiger partial charge in [-0.25, -0.2) is 0 Å². The van der Waals surface area contributed by atoms with E-state index in [1.165, 1.54) is 0 Å². The number of halogens is 1. The van der Waals surface area contributed by atoms with Crippen LogP contribution in [0.1, 0.15) is 88.0 Å². The quantitative estimate of drug-likeness (QED) is 0.336. The van der Waals surface area contributed by atoms with E-state index in [4.69, 9.17) is 16.3 Å². The Labute approximate surface area is 341 Å². The van der Waals surface area contributed by atoms with Crippen LogP contribution in [0.3, 0.4) is 0 Å². The number of anilines is 2. The van der Waals surface area contributed by atoms with E-state index in [9.17, 15) is 29.2 Å². The Kier molecular flexibility index (Phi) is 8.98. The molecule has 0 aromatic heterocycles. The molecule has 58 heavy (non-hydrogen) atoms. The number of ether oxygens (including phenoxy) is 1. The van der Waals surface area contributed by atoms with Gasteiger partial charge in [0.1, 0.15) is 24.0 Å². The van der Waals surface area contributed by atoms with E-state index in [1.54, 1.807) is 30.3 Å². The van der Waals surface area contributed by atoms with Gasteiger partial charge in [-0.15, -0.1) is 0 Å². The van der Waals surface area contributed by atoms with Crippen molar-refractivity contribution in [1.29, 1.82) is 5.26 Å². The zero-order valence-corrected chi connectivity index (χ0v) is 32.8. The highest BCUT2D eigenvalue weighted by Gasteiger charge is 2.53. The van der Waals surface area contributed by atoms with E-state index in [2.05, 4.69) is 43.1 Å². The number of hydrogen-bond donors (Lipinski definition) is 1. The summed E-state index contributed by atoms with van der Waals surface area (Å²) < 4.78 is 6.27. The number of benzene rings is 3. The lowest BCUT2D eigenvalue weighted by atomic mass is 9.71. The molecule has 10 rings (SSSR count). The molecule has 4 atom stereocenters. The summed E-state index contributed by atoms with van der Waals surface area (Å²) in [7, 11) is 0. The number of carbonyl (C=O) groups excluding carboxylic acids is 5. The predicted octanol–water partition coefficient (Wildman–Crippen LogP) is 4.62. The number of amides is 5. The van der Waals surface area contributed by atoms with Crippen molar-refractivity contribution in [3.8, 4) is 11.8 Å². The maximum atomic E-state index is 13.8. The van der Waals surface area contributed by atoms with Gasteiger partial charge in [0.05, 0.1) is 21.7 Å². The fraction of sp³-hybridized carbons (Fsp3) is 0.455. The molecule has 6 saturated heterocycles. The highest BCUT2D eigenvalue weighted by Crippen LogP contribution is 2.45. The van der Waals surface area contributed by atoms with E-state index < -0.39 is 23.8 Å². The van der Waals surface area contributed by atoms with Crippen LogP contribution in [0.5, 0.6) is 5.75 Å². The molecule has 13 nitrogen and oxygen atoms in total. The van der Waals surface area contributed by atoms with Crippen molar-refractivity contribution < 1.29 is 28.7 Å². The number of imide groups is 2. The molecule has 6 fully saturated rings. The Bertz CT molecular complexity index is 2260. The van der Waals surface area contributed by atoms with Gasteiger partial charge in [-0.3, -0.25) is 39.1 Å². The molecule has 1 spiro atoms. The number of carbonyl (C=O) groups is 5. The third-order valence-corrected chi connectivity index (χ3v) is 14.0. The number of fused-ring (bicyclic) bond motifs is 3. The van der Waals surface area contributed by atoms with Gasteiger partial charge in [0.2, 0.25) is 11.8 Å². The number of nitrogens with zero attached hydrogens (tertiary/aromatic N) is 6. The topological polar surface area (TPSA) is 147 Å². The van der Waals surface area contributed by atoms with Gasteiger partial charge in [0.25, 0.3) is 17.7 Å². The summed E-state index contributed by atoms with van der Waals surface area (Å²) in [6.07, 6.45) is 5.77. The Morgan fingerprint density at radius 3 is 2.14 bits per heavy atom. The van der Waals surface area contributed by atoms with Crippen LogP contribution >= 0.6 is 11.6 Å². The minimum Gasteiger partial charge on any atom is -0.490 e. The second-order valence-electron chi connectivity index (χ2n) is 17.3. The maximum Gasteiger partial charge on any atom is 0.262 e. The summed E-state index contributed by atoms with van der Waals surface area (Å²) >= 11 is 6.22. The first-order valence-electron chi connectivity index (χ1n) is 20.4. The first kappa shape index (κ1) is 36.9. The molecule has 0 radical (unpaired) electrons. The Morgan fingerprint density at radius 2 is 1.47 bits per heavy atom. The van der Waals surface area contributed by atoms with Crippen molar-refractivity contribution in [3.63, 3.8) is 0 Å². The van der Waals surface area contributed by atoms with Crippen LogP contribution in [0.4, 0.5) is 11.4 Å². The number of nitrogens with one attached hydrogen (secondary N) is 1. The summed E-state index contributed by atoms with van der Waals surface area (Å²) in [4.78, 5) is 74.7. The largest absolute Gasteiger partial charge is 0.490 e. The fourth-order valence-electron chi connectivity index (χ4n) is 10.7. The minimum atomic E-state index is -0.968. The molecule has 298 valence electrons. The Morgan fingerprint density at radius 1 is 0.776 bits per heavy atom.